The Kier molecular flexibility index (Phi) is 5.14. The lowest BCUT2D eigenvalue weighted by Gasteiger charge is -2.23. The molecule has 3 nitrogen and oxygen atoms in total. The maximum Gasteiger partial charge on any atom is 0.237 e. The number of nitrogens with one attached hydrogen (secondary N) is 1. The highest BCUT2D eigenvalue weighted by Crippen LogP contribution is 2.36. The Bertz CT molecular complexity index is 279. The zero-order valence-electron chi connectivity index (χ0n) is 10.1. The number of nitriles is 1. The van der Waals surface area contributed by atoms with E-state index in [0.29, 0.717) is 13.0 Å². The molecule has 1 saturated heterocycles. The molecule has 0 spiro atoms. The molecule has 0 aliphatic carbocycles. The molecule has 0 aromatic rings. The first-order valence-electron chi connectivity index (χ1n) is 5.92. The Labute approximate surface area is 102 Å². The van der Waals surface area contributed by atoms with Crippen LogP contribution in [0.3, 0.4) is 0 Å². The Hall–Kier alpha value is -0.690. The molecule has 4 heteroatoms. The van der Waals surface area contributed by atoms with E-state index in [9.17, 15) is 4.79 Å². The van der Waals surface area contributed by atoms with E-state index < -0.39 is 5.92 Å². The van der Waals surface area contributed by atoms with Gasteiger partial charge < -0.3 is 5.32 Å². The van der Waals surface area contributed by atoms with Crippen LogP contribution < -0.4 is 5.32 Å². The first-order valence-corrected chi connectivity index (χ1v) is 6.91. The SMILES string of the molecule is CCCC(C#N)C(=O)NCC1(C)CCCS1. The van der Waals surface area contributed by atoms with E-state index in [-0.39, 0.29) is 10.7 Å². The zero-order chi connectivity index (χ0) is 12.0. The van der Waals surface area contributed by atoms with E-state index in [4.69, 9.17) is 5.26 Å². The second-order valence-electron chi connectivity index (χ2n) is 4.59. The van der Waals surface area contributed by atoms with Crippen LogP contribution in [-0.2, 0) is 4.79 Å². The lowest BCUT2D eigenvalue weighted by Crippen LogP contribution is -2.39. The molecule has 1 aliphatic rings. The lowest BCUT2D eigenvalue weighted by atomic mass is 10.0. The number of carbonyl (C=O) groups is 1. The number of carbonyl (C=O) groups excluding carboxylic acids is 1. The molecule has 90 valence electrons. The molecule has 2 unspecified atom stereocenters. The normalized spacial score (nSPS) is 26.1. The quantitative estimate of drug-likeness (QED) is 0.802. The molecule has 1 fully saturated rings. The van der Waals surface area contributed by atoms with Crippen LogP contribution in [0.15, 0.2) is 0 Å². The predicted molar refractivity (Wildman–Crippen MR) is 67.1 cm³/mol. The molecular formula is C12H20N2OS. The fourth-order valence-corrected chi connectivity index (χ4v) is 3.16. The van der Waals surface area contributed by atoms with Crippen LogP contribution in [0.4, 0.5) is 0 Å². The van der Waals surface area contributed by atoms with Gasteiger partial charge in [0.15, 0.2) is 0 Å². The number of thioether (sulfide) groups is 1. The summed E-state index contributed by atoms with van der Waals surface area (Å²) in [6.45, 7) is 4.87. The van der Waals surface area contributed by atoms with Gasteiger partial charge in [-0.05, 0) is 31.9 Å². The number of hydrogen-bond acceptors (Lipinski definition) is 3. The minimum Gasteiger partial charge on any atom is -0.354 e. The average Bonchev–Trinajstić information content (AvgIpc) is 2.70. The number of hydrogen-bond donors (Lipinski definition) is 1. The van der Waals surface area contributed by atoms with Gasteiger partial charge in [-0.3, -0.25) is 4.79 Å². The Morgan fingerprint density at radius 3 is 2.94 bits per heavy atom. The van der Waals surface area contributed by atoms with Gasteiger partial charge in [0.1, 0.15) is 5.92 Å². The first kappa shape index (κ1) is 13.4. The molecule has 1 heterocycles. The topological polar surface area (TPSA) is 52.9 Å². The van der Waals surface area contributed by atoms with Crippen molar-refractivity contribution in [3.05, 3.63) is 0 Å². The molecular weight excluding hydrogens is 220 g/mol. The molecule has 0 bridgehead atoms. The molecule has 1 aliphatic heterocycles. The molecule has 0 aromatic heterocycles. The van der Waals surface area contributed by atoms with Crippen LogP contribution in [0.1, 0.15) is 39.5 Å². The predicted octanol–water partition coefficient (Wildman–Crippen LogP) is 2.33. The smallest absolute Gasteiger partial charge is 0.237 e. The maximum atomic E-state index is 11.7. The summed E-state index contributed by atoms with van der Waals surface area (Å²) < 4.78 is 0.182. The van der Waals surface area contributed by atoms with Gasteiger partial charge in [-0.1, -0.05) is 13.3 Å². The molecule has 0 aromatic carbocycles. The minimum absolute atomic E-state index is 0.0990. The molecule has 1 amide bonds. The van der Waals surface area contributed by atoms with Crippen molar-refractivity contribution in [2.24, 2.45) is 5.92 Å². The fraction of sp³-hybridized carbons (Fsp3) is 0.833. The van der Waals surface area contributed by atoms with E-state index in [1.807, 2.05) is 18.7 Å². The molecule has 1 rings (SSSR count). The van der Waals surface area contributed by atoms with Crippen molar-refractivity contribution in [3.8, 4) is 6.07 Å². The summed E-state index contributed by atoms with van der Waals surface area (Å²) in [6.07, 6.45) is 3.92. The summed E-state index contributed by atoms with van der Waals surface area (Å²) >= 11 is 1.92. The van der Waals surface area contributed by atoms with E-state index in [1.165, 1.54) is 12.2 Å². The molecule has 0 saturated carbocycles. The third-order valence-electron chi connectivity index (χ3n) is 2.99. The van der Waals surface area contributed by atoms with Gasteiger partial charge >= 0.3 is 0 Å². The highest BCUT2D eigenvalue weighted by molar-refractivity contribution is 8.00. The summed E-state index contributed by atoms with van der Waals surface area (Å²) in [5.41, 5.74) is 0. The highest BCUT2D eigenvalue weighted by atomic mass is 32.2. The monoisotopic (exact) mass is 240 g/mol. The Morgan fingerprint density at radius 1 is 1.69 bits per heavy atom. The van der Waals surface area contributed by atoms with Crippen molar-refractivity contribution in [1.82, 2.24) is 5.32 Å². The van der Waals surface area contributed by atoms with Gasteiger partial charge in [-0.2, -0.15) is 17.0 Å². The summed E-state index contributed by atoms with van der Waals surface area (Å²) in [5, 5.41) is 11.8. The maximum absolute atomic E-state index is 11.7. The molecule has 0 radical (unpaired) electrons. The second kappa shape index (κ2) is 6.15. The van der Waals surface area contributed by atoms with Gasteiger partial charge in [-0.15, -0.1) is 0 Å². The Balaban J connectivity index is 2.36. The molecule has 2 atom stereocenters. The third-order valence-corrected chi connectivity index (χ3v) is 4.52. The van der Waals surface area contributed by atoms with Gasteiger partial charge in [0.2, 0.25) is 5.91 Å². The van der Waals surface area contributed by atoms with Crippen LogP contribution in [0.5, 0.6) is 0 Å². The van der Waals surface area contributed by atoms with E-state index in [2.05, 4.69) is 18.3 Å². The number of nitrogens with zero attached hydrogens (tertiary/aromatic N) is 1. The average molecular weight is 240 g/mol. The zero-order valence-corrected chi connectivity index (χ0v) is 10.9. The summed E-state index contributed by atoms with van der Waals surface area (Å²) in [6, 6.07) is 2.07. The fourth-order valence-electron chi connectivity index (χ4n) is 1.92. The second-order valence-corrected chi connectivity index (χ2v) is 6.27. The molecule has 1 N–H and O–H groups in total. The third kappa shape index (κ3) is 3.71. The highest BCUT2D eigenvalue weighted by Gasteiger charge is 2.30. The summed E-state index contributed by atoms with van der Waals surface area (Å²) in [4.78, 5) is 11.7. The van der Waals surface area contributed by atoms with E-state index >= 15 is 0 Å². The summed E-state index contributed by atoms with van der Waals surface area (Å²) in [7, 11) is 0. The number of rotatable bonds is 5. The first-order chi connectivity index (χ1) is 7.61. The van der Waals surface area contributed by atoms with Crippen molar-refractivity contribution in [3.63, 3.8) is 0 Å². The van der Waals surface area contributed by atoms with Gasteiger partial charge in [0, 0.05) is 11.3 Å². The largest absolute Gasteiger partial charge is 0.354 e. The standard InChI is InChI=1S/C12H20N2OS/c1-3-5-10(8-13)11(15)14-9-12(2)6-4-7-16-12/h10H,3-7,9H2,1-2H3,(H,14,15). The Morgan fingerprint density at radius 2 is 2.44 bits per heavy atom. The van der Waals surface area contributed by atoms with Crippen molar-refractivity contribution >= 4 is 17.7 Å². The van der Waals surface area contributed by atoms with Gasteiger partial charge in [0.05, 0.1) is 6.07 Å². The van der Waals surface area contributed by atoms with Crippen LogP contribution >= 0.6 is 11.8 Å². The van der Waals surface area contributed by atoms with Gasteiger partial charge in [0.25, 0.3) is 0 Å². The number of amides is 1. The lowest BCUT2D eigenvalue weighted by molar-refractivity contribution is -0.123. The van der Waals surface area contributed by atoms with Crippen LogP contribution in [0.2, 0.25) is 0 Å². The van der Waals surface area contributed by atoms with Gasteiger partial charge in [-0.25, -0.2) is 0 Å². The van der Waals surface area contributed by atoms with Crippen molar-refractivity contribution < 1.29 is 4.79 Å². The van der Waals surface area contributed by atoms with Crippen molar-refractivity contribution in [1.29, 1.82) is 5.26 Å². The van der Waals surface area contributed by atoms with Crippen LogP contribution in [0.25, 0.3) is 0 Å². The van der Waals surface area contributed by atoms with E-state index in [0.717, 1.165) is 12.8 Å². The van der Waals surface area contributed by atoms with Crippen molar-refractivity contribution in [2.45, 2.75) is 44.3 Å². The summed E-state index contributed by atoms with van der Waals surface area (Å²) in [5.74, 6) is 0.612. The van der Waals surface area contributed by atoms with Crippen LogP contribution in [-0.4, -0.2) is 23.0 Å². The minimum atomic E-state index is -0.472. The van der Waals surface area contributed by atoms with Crippen molar-refractivity contribution in [2.75, 3.05) is 12.3 Å². The van der Waals surface area contributed by atoms with E-state index in [1.54, 1.807) is 0 Å². The molecule has 16 heavy (non-hydrogen) atoms. The van der Waals surface area contributed by atoms with Crippen LogP contribution in [0, 0.1) is 17.2 Å².